The molecule has 0 aliphatic rings. The summed E-state index contributed by atoms with van der Waals surface area (Å²) in [6, 6.07) is 2.11. The van der Waals surface area contributed by atoms with Crippen LogP contribution in [0.25, 0.3) is 11.0 Å². The molecule has 0 aromatic carbocycles. The van der Waals surface area contributed by atoms with Gasteiger partial charge in [0.2, 0.25) is 0 Å². The molecule has 1 amide bonds. The zero-order chi connectivity index (χ0) is 24.3. The number of rotatable bonds is 8. The molecule has 0 aliphatic carbocycles. The zero-order valence-corrected chi connectivity index (χ0v) is 18.6. The topological polar surface area (TPSA) is 98.4 Å². The number of nitrogens with zero attached hydrogens (tertiary/aromatic N) is 2. The van der Waals surface area contributed by atoms with Crippen molar-refractivity contribution in [2.75, 3.05) is 17.7 Å². The van der Waals surface area contributed by atoms with E-state index in [0.29, 0.717) is 23.3 Å². The fourth-order valence-corrected chi connectivity index (χ4v) is 3.54. The van der Waals surface area contributed by atoms with Crippen molar-refractivity contribution in [2.45, 2.75) is 46.0 Å². The number of hydrogen-bond donors (Lipinski definition) is 2. The van der Waals surface area contributed by atoms with Crippen molar-refractivity contribution in [3.05, 3.63) is 42.1 Å². The van der Waals surface area contributed by atoms with Gasteiger partial charge in [0.25, 0.3) is 5.91 Å². The van der Waals surface area contributed by atoms with Gasteiger partial charge in [-0.3, -0.25) is 4.79 Å². The maximum absolute atomic E-state index is 12.7. The van der Waals surface area contributed by atoms with Crippen LogP contribution in [0.5, 0.6) is 0 Å². The van der Waals surface area contributed by atoms with E-state index in [4.69, 9.17) is 9.15 Å². The van der Waals surface area contributed by atoms with Gasteiger partial charge in [-0.2, -0.15) is 13.2 Å². The Bertz CT molecular complexity index is 1140. The van der Waals surface area contributed by atoms with Crippen molar-refractivity contribution >= 4 is 34.3 Å². The molecule has 0 saturated carbocycles. The number of anilines is 2. The number of nitrogens with one attached hydrogen (secondary N) is 2. The summed E-state index contributed by atoms with van der Waals surface area (Å²) >= 11 is 0. The Kier molecular flexibility index (Phi) is 6.99. The third-order valence-corrected chi connectivity index (χ3v) is 4.80. The molecular formula is C22H25F3N4O4. The van der Waals surface area contributed by atoms with Crippen LogP contribution in [0.2, 0.25) is 0 Å². The minimum absolute atomic E-state index is 0.0889. The molecule has 33 heavy (non-hydrogen) atoms. The van der Waals surface area contributed by atoms with Gasteiger partial charge in [0, 0.05) is 18.0 Å². The first kappa shape index (κ1) is 24.1. The molecule has 0 fully saturated rings. The monoisotopic (exact) mass is 466 g/mol. The lowest BCUT2D eigenvalue weighted by Crippen LogP contribution is -2.23. The molecule has 1 unspecified atom stereocenters. The van der Waals surface area contributed by atoms with Gasteiger partial charge in [-0.15, -0.1) is 0 Å². The number of amides is 1. The normalized spacial score (nSPS) is 12.7. The number of fused-ring (bicyclic) bond motifs is 1. The number of halogens is 3. The predicted octanol–water partition coefficient (Wildman–Crippen LogP) is 5.08. The van der Waals surface area contributed by atoms with Crippen LogP contribution in [0.15, 0.2) is 35.3 Å². The van der Waals surface area contributed by atoms with Crippen molar-refractivity contribution in [2.24, 2.45) is 5.92 Å². The number of furan rings is 1. The Hall–Kier alpha value is -3.50. The van der Waals surface area contributed by atoms with E-state index in [2.05, 4.69) is 15.6 Å². The highest BCUT2D eigenvalue weighted by Crippen LogP contribution is 2.34. The summed E-state index contributed by atoms with van der Waals surface area (Å²) in [6.45, 7) is 5.70. The van der Waals surface area contributed by atoms with Crippen LogP contribution in [-0.2, 0) is 11.3 Å². The van der Waals surface area contributed by atoms with E-state index in [0.717, 1.165) is 0 Å². The Labute approximate surface area is 188 Å². The average molecular weight is 466 g/mol. The van der Waals surface area contributed by atoms with Crippen LogP contribution in [0.3, 0.4) is 0 Å². The molecule has 2 N–H and O–H groups in total. The van der Waals surface area contributed by atoms with E-state index in [-0.39, 0.29) is 22.9 Å². The maximum atomic E-state index is 12.7. The van der Waals surface area contributed by atoms with Crippen molar-refractivity contribution in [1.82, 2.24) is 9.55 Å². The van der Waals surface area contributed by atoms with Gasteiger partial charge in [0.15, 0.2) is 5.69 Å². The molecule has 1 atom stereocenters. The number of hydrogen-bond acceptors (Lipinski definition) is 6. The fraction of sp³-hybridized carbons (Fsp3) is 0.409. The maximum Gasteiger partial charge on any atom is 0.391 e. The molecule has 0 saturated heterocycles. The van der Waals surface area contributed by atoms with Crippen molar-refractivity contribution in [3.63, 3.8) is 0 Å². The number of carbonyl (C=O) groups is 2. The molecule has 8 nitrogen and oxygen atoms in total. The average Bonchev–Trinajstić information content (AvgIpc) is 3.33. The lowest BCUT2D eigenvalue weighted by atomic mass is 10.2. The molecule has 0 radical (unpaired) electrons. The Morgan fingerprint density at radius 1 is 1.27 bits per heavy atom. The van der Waals surface area contributed by atoms with E-state index in [1.165, 1.54) is 38.8 Å². The van der Waals surface area contributed by atoms with E-state index < -0.39 is 30.5 Å². The first-order chi connectivity index (χ1) is 15.5. The zero-order valence-electron chi connectivity index (χ0n) is 18.6. The second-order valence-corrected chi connectivity index (χ2v) is 8.15. The second-order valence-electron chi connectivity index (χ2n) is 8.15. The second kappa shape index (κ2) is 9.55. The molecule has 3 rings (SSSR count). The summed E-state index contributed by atoms with van der Waals surface area (Å²) in [5, 5.41) is 5.88. The minimum atomic E-state index is -4.33. The molecule has 0 spiro atoms. The minimum Gasteiger partial charge on any atom is -0.472 e. The fourth-order valence-electron chi connectivity index (χ4n) is 3.54. The number of aromatic nitrogens is 2. The van der Waals surface area contributed by atoms with Crippen LogP contribution in [-0.4, -0.2) is 40.8 Å². The third kappa shape index (κ3) is 5.65. The molecule has 11 heteroatoms. The van der Waals surface area contributed by atoms with Crippen molar-refractivity contribution in [3.8, 4) is 0 Å². The molecule has 3 heterocycles. The molecule has 3 aromatic rings. The van der Waals surface area contributed by atoms with Gasteiger partial charge in [0.05, 0.1) is 42.9 Å². The van der Waals surface area contributed by atoms with Crippen LogP contribution < -0.4 is 10.6 Å². The van der Waals surface area contributed by atoms with Crippen LogP contribution in [0, 0.1) is 5.92 Å². The molecule has 178 valence electrons. The lowest BCUT2D eigenvalue weighted by molar-refractivity contribution is -0.136. The van der Waals surface area contributed by atoms with Gasteiger partial charge in [0.1, 0.15) is 11.9 Å². The van der Waals surface area contributed by atoms with Crippen LogP contribution in [0.1, 0.15) is 48.0 Å². The summed E-state index contributed by atoms with van der Waals surface area (Å²) in [5.41, 5.74) is 1.18. The summed E-state index contributed by atoms with van der Waals surface area (Å²) in [6.07, 6.45) is -1.37. The quantitative estimate of drug-likeness (QED) is 0.450. The summed E-state index contributed by atoms with van der Waals surface area (Å²) in [7, 11) is 1.22. The number of esters is 1. The predicted molar refractivity (Wildman–Crippen MR) is 116 cm³/mol. The number of methoxy groups -OCH3 is 1. The molecule has 0 bridgehead atoms. The van der Waals surface area contributed by atoms with Gasteiger partial charge in [-0.05, 0) is 25.0 Å². The van der Waals surface area contributed by atoms with Crippen molar-refractivity contribution in [1.29, 1.82) is 0 Å². The number of pyridine rings is 1. The van der Waals surface area contributed by atoms with Crippen molar-refractivity contribution < 1.29 is 31.9 Å². The first-order valence-electron chi connectivity index (χ1n) is 10.3. The van der Waals surface area contributed by atoms with E-state index in [1.807, 2.05) is 13.8 Å². The highest BCUT2D eigenvalue weighted by molar-refractivity contribution is 6.14. The molecule has 0 aliphatic heterocycles. The van der Waals surface area contributed by atoms with E-state index in [1.54, 1.807) is 10.6 Å². The molecule has 3 aromatic heterocycles. The van der Waals surface area contributed by atoms with Gasteiger partial charge < -0.3 is 24.4 Å². The number of ether oxygens (including phenoxy) is 1. The highest BCUT2D eigenvalue weighted by Gasteiger charge is 2.31. The standard InChI is InChI=1S/C22H25F3N4O4/c1-12(2)10-29-18(21(31)32-4)17(28-20(30)14-5-6-33-11-14)16-7-15(9-26-19(16)29)27-13(3)8-22(23,24)25/h5-7,9,11-13,27H,8,10H2,1-4H3,(H,28,30). The van der Waals surface area contributed by atoms with Gasteiger partial charge in [-0.1, -0.05) is 13.8 Å². The number of carbonyl (C=O) groups excluding carboxylic acids is 2. The Morgan fingerprint density at radius 3 is 2.58 bits per heavy atom. The molecular weight excluding hydrogens is 441 g/mol. The third-order valence-electron chi connectivity index (χ3n) is 4.80. The highest BCUT2D eigenvalue weighted by atomic mass is 19.4. The van der Waals surface area contributed by atoms with Gasteiger partial charge in [-0.25, -0.2) is 9.78 Å². The summed E-state index contributed by atoms with van der Waals surface area (Å²) in [4.78, 5) is 29.8. The van der Waals surface area contributed by atoms with Gasteiger partial charge >= 0.3 is 12.1 Å². The smallest absolute Gasteiger partial charge is 0.391 e. The summed E-state index contributed by atoms with van der Waals surface area (Å²) in [5.74, 6) is -1.09. The van der Waals surface area contributed by atoms with Crippen LogP contribution >= 0.6 is 0 Å². The largest absolute Gasteiger partial charge is 0.472 e. The SMILES string of the molecule is COC(=O)c1c(NC(=O)c2ccoc2)c2cc(NC(C)CC(F)(F)F)cnc2n1CC(C)C. The Morgan fingerprint density at radius 2 is 2.00 bits per heavy atom. The lowest BCUT2D eigenvalue weighted by Gasteiger charge is -2.17. The first-order valence-corrected chi connectivity index (χ1v) is 10.3. The number of alkyl halides is 3. The Balaban J connectivity index is 2.12. The van der Waals surface area contributed by atoms with Crippen LogP contribution in [0.4, 0.5) is 24.5 Å². The van der Waals surface area contributed by atoms with E-state index >= 15 is 0 Å². The van der Waals surface area contributed by atoms with E-state index in [9.17, 15) is 22.8 Å². The summed E-state index contributed by atoms with van der Waals surface area (Å²) < 4.78 is 49.8.